The number of amides is 2. The van der Waals surface area contributed by atoms with E-state index in [0.29, 0.717) is 6.54 Å². The fourth-order valence-corrected chi connectivity index (χ4v) is 1.56. The highest BCUT2D eigenvalue weighted by molar-refractivity contribution is 5.89. The van der Waals surface area contributed by atoms with Crippen LogP contribution in [0.1, 0.15) is 33.3 Å². The van der Waals surface area contributed by atoms with Crippen LogP contribution in [0.4, 0.5) is 0 Å². The van der Waals surface area contributed by atoms with E-state index in [2.05, 4.69) is 10.6 Å². The van der Waals surface area contributed by atoms with Crippen LogP contribution in [-0.4, -0.2) is 25.0 Å². The summed E-state index contributed by atoms with van der Waals surface area (Å²) < 4.78 is 5.07. The average Bonchev–Trinajstić information content (AvgIpc) is 2.44. The molecule has 0 saturated heterocycles. The molecule has 0 aliphatic rings. The quantitative estimate of drug-likeness (QED) is 0.870. The maximum Gasteiger partial charge on any atom is 0.242 e. The van der Waals surface area contributed by atoms with E-state index in [4.69, 9.17) is 4.74 Å². The van der Waals surface area contributed by atoms with Gasteiger partial charge in [-0.3, -0.25) is 9.59 Å². The van der Waals surface area contributed by atoms with Gasteiger partial charge in [-0.25, -0.2) is 0 Å². The van der Waals surface area contributed by atoms with E-state index in [0.717, 1.165) is 11.3 Å². The average molecular weight is 292 g/mol. The molecular formula is C16H24N2O3. The highest BCUT2D eigenvalue weighted by atomic mass is 16.5. The molecule has 0 aliphatic carbocycles. The molecule has 5 heteroatoms. The van der Waals surface area contributed by atoms with E-state index >= 15 is 0 Å². The topological polar surface area (TPSA) is 67.4 Å². The number of nitrogens with one attached hydrogen (secondary N) is 2. The van der Waals surface area contributed by atoms with Gasteiger partial charge in [-0.15, -0.1) is 0 Å². The summed E-state index contributed by atoms with van der Waals surface area (Å²) in [6, 6.07) is 6.89. The van der Waals surface area contributed by atoms with Gasteiger partial charge in [-0.1, -0.05) is 32.9 Å². The second-order valence-corrected chi connectivity index (χ2v) is 6.01. The van der Waals surface area contributed by atoms with Gasteiger partial charge in [0, 0.05) is 12.0 Å². The molecule has 1 aromatic rings. The van der Waals surface area contributed by atoms with Gasteiger partial charge in [0.15, 0.2) is 0 Å². The maximum atomic E-state index is 12.0. The van der Waals surface area contributed by atoms with Crippen molar-refractivity contribution in [3.05, 3.63) is 29.8 Å². The second kappa shape index (κ2) is 7.11. The van der Waals surface area contributed by atoms with Crippen molar-refractivity contribution in [1.29, 1.82) is 0 Å². The normalized spacial score (nSPS) is 12.4. The first kappa shape index (κ1) is 17.0. The van der Waals surface area contributed by atoms with E-state index in [1.54, 1.807) is 14.0 Å². The molecule has 0 aliphatic heterocycles. The Balaban J connectivity index is 2.47. The van der Waals surface area contributed by atoms with Crippen LogP contribution in [0, 0.1) is 5.41 Å². The molecule has 1 unspecified atom stereocenters. The van der Waals surface area contributed by atoms with Crippen molar-refractivity contribution >= 4 is 11.8 Å². The lowest BCUT2D eigenvalue weighted by molar-refractivity contribution is -0.133. The van der Waals surface area contributed by atoms with Crippen LogP contribution in [-0.2, 0) is 16.1 Å². The van der Waals surface area contributed by atoms with Crippen molar-refractivity contribution in [2.75, 3.05) is 7.11 Å². The Morgan fingerprint density at radius 3 is 2.24 bits per heavy atom. The third-order valence-corrected chi connectivity index (χ3v) is 3.05. The lowest BCUT2D eigenvalue weighted by Crippen LogP contribution is -2.48. The number of rotatable bonds is 5. The molecule has 1 atom stereocenters. The minimum atomic E-state index is -0.560. The van der Waals surface area contributed by atoms with E-state index < -0.39 is 11.5 Å². The second-order valence-electron chi connectivity index (χ2n) is 6.01. The third kappa shape index (κ3) is 5.45. The molecule has 2 amide bonds. The number of ether oxygens (including phenoxy) is 1. The van der Waals surface area contributed by atoms with Crippen molar-refractivity contribution in [2.24, 2.45) is 5.41 Å². The third-order valence-electron chi connectivity index (χ3n) is 3.05. The monoisotopic (exact) mass is 292 g/mol. The summed E-state index contributed by atoms with van der Waals surface area (Å²) in [5, 5.41) is 5.50. The molecule has 1 aromatic carbocycles. The molecule has 0 fully saturated rings. The molecule has 0 bridgehead atoms. The van der Waals surface area contributed by atoms with Gasteiger partial charge >= 0.3 is 0 Å². The van der Waals surface area contributed by atoms with Gasteiger partial charge in [-0.2, -0.15) is 0 Å². The molecular weight excluding hydrogens is 268 g/mol. The summed E-state index contributed by atoms with van der Waals surface area (Å²) in [5.41, 5.74) is 0.461. The van der Waals surface area contributed by atoms with Gasteiger partial charge in [-0.05, 0) is 24.6 Å². The minimum absolute atomic E-state index is 0.144. The van der Waals surface area contributed by atoms with Crippen LogP contribution >= 0.6 is 0 Å². The zero-order valence-corrected chi connectivity index (χ0v) is 13.3. The molecule has 0 saturated carbocycles. The Hall–Kier alpha value is -2.04. The Bertz CT molecular complexity index is 489. The minimum Gasteiger partial charge on any atom is -0.497 e. The van der Waals surface area contributed by atoms with Crippen molar-refractivity contribution in [3.63, 3.8) is 0 Å². The largest absolute Gasteiger partial charge is 0.497 e. The van der Waals surface area contributed by atoms with Crippen molar-refractivity contribution in [2.45, 2.75) is 40.3 Å². The molecule has 21 heavy (non-hydrogen) atoms. The zero-order chi connectivity index (χ0) is 16.0. The van der Waals surface area contributed by atoms with E-state index in [-0.39, 0.29) is 11.8 Å². The van der Waals surface area contributed by atoms with Crippen LogP contribution in [0.5, 0.6) is 5.75 Å². The van der Waals surface area contributed by atoms with Gasteiger partial charge in [0.1, 0.15) is 11.8 Å². The van der Waals surface area contributed by atoms with Gasteiger partial charge in [0.25, 0.3) is 0 Å². The molecule has 0 spiro atoms. The zero-order valence-electron chi connectivity index (χ0n) is 13.3. The highest BCUT2D eigenvalue weighted by Gasteiger charge is 2.24. The molecule has 5 nitrogen and oxygen atoms in total. The van der Waals surface area contributed by atoms with Crippen LogP contribution < -0.4 is 15.4 Å². The summed E-state index contributed by atoms with van der Waals surface area (Å²) in [7, 11) is 1.61. The number of carbonyl (C=O) groups is 2. The number of hydrogen-bond acceptors (Lipinski definition) is 3. The number of hydrogen-bond donors (Lipinski definition) is 2. The Labute approximate surface area is 126 Å². The Morgan fingerprint density at radius 1 is 1.19 bits per heavy atom. The standard InChI is InChI=1S/C16H24N2O3/c1-11(18-15(20)16(2,3)4)14(19)17-10-12-6-8-13(21-5)9-7-12/h6-9,11H,10H2,1-5H3,(H,17,19)(H,18,20). The smallest absolute Gasteiger partial charge is 0.242 e. The Kier molecular flexibility index (Phi) is 5.76. The summed E-state index contributed by atoms with van der Waals surface area (Å²) in [5.74, 6) is 0.425. The lowest BCUT2D eigenvalue weighted by Gasteiger charge is -2.21. The molecule has 116 valence electrons. The Morgan fingerprint density at radius 2 is 1.76 bits per heavy atom. The molecule has 0 heterocycles. The fraction of sp³-hybridized carbons (Fsp3) is 0.500. The summed E-state index contributed by atoms with van der Waals surface area (Å²) in [6.07, 6.45) is 0. The fourth-order valence-electron chi connectivity index (χ4n) is 1.56. The highest BCUT2D eigenvalue weighted by Crippen LogP contribution is 2.13. The molecule has 0 radical (unpaired) electrons. The van der Waals surface area contributed by atoms with Crippen molar-refractivity contribution in [3.8, 4) is 5.75 Å². The van der Waals surface area contributed by atoms with Crippen LogP contribution in [0.25, 0.3) is 0 Å². The first-order valence-corrected chi connectivity index (χ1v) is 6.95. The summed E-state index contributed by atoms with van der Waals surface area (Å²) in [6.45, 7) is 7.52. The molecule has 1 rings (SSSR count). The van der Waals surface area contributed by atoms with Crippen molar-refractivity contribution in [1.82, 2.24) is 10.6 Å². The predicted octanol–water partition coefficient (Wildman–Crippen LogP) is 1.86. The number of carbonyl (C=O) groups excluding carboxylic acids is 2. The first-order valence-electron chi connectivity index (χ1n) is 6.95. The molecule has 0 aromatic heterocycles. The van der Waals surface area contributed by atoms with Crippen LogP contribution in [0.15, 0.2) is 24.3 Å². The van der Waals surface area contributed by atoms with E-state index in [1.807, 2.05) is 45.0 Å². The molecule has 2 N–H and O–H groups in total. The van der Waals surface area contributed by atoms with E-state index in [9.17, 15) is 9.59 Å². The van der Waals surface area contributed by atoms with Gasteiger partial charge in [0.05, 0.1) is 7.11 Å². The van der Waals surface area contributed by atoms with Crippen LogP contribution in [0.2, 0.25) is 0 Å². The van der Waals surface area contributed by atoms with Crippen molar-refractivity contribution < 1.29 is 14.3 Å². The van der Waals surface area contributed by atoms with Crippen LogP contribution in [0.3, 0.4) is 0 Å². The first-order chi connectivity index (χ1) is 9.74. The van der Waals surface area contributed by atoms with Gasteiger partial charge in [0.2, 0.25) is 11.8 Å². The summed E-state index contributed by atoms with van der Waals surface area (Å²) in [4.78, 5) is 23.8. The summed E-state index contributed by atoms with van der Waals surface area (Å²) >= 11 is 0. The van der Waals surface area contributed by atoms with E-state index in [1.165, 1.54) is 0 Å². The maximum absolute atomic E-state index is 12.0. The van der Waals surface area contributed by atoms with Gasteiger partial charge < -0.3 is 15.4 Å². The number of methoxy groups -OCH3 is 1. The number of benzene rings is 1. The SMILES string of the molecule is COc1ccc(CNC(=O)C(C)NC(=O)C(C)(C)C)cc1. The lowest BCUT2D eigenvalue weighted by atomic mass is 9.95. The predicted molar refractivity (Wildman–Crippen MR) is 81.9 cm³/mol.